The summed E-state index contributed by atoms with van der Waals surface area (Å²) in [5.74, 6) is 0. The van der Waals surface area contributed by atoms with E-state index < -0.39 is 5.60 Å². The van der Waals surface area contributed by atoms with Crippen LogP contribution in [-0.2, 0) is 5.60 Å². The minimum Gasteiger partial charge on any atom is -0.380 e. The van der Waals surface area contributed by atoms with Gasteiger partial charge in [-0.2, -0.15) is 0 Å². The largest absolute Gasteiger partial charge is 0.380 e. The van der Waals surface area contributed by atoms with E-state index in [0.717, 1.165) is 36.0 Å². The van der Waals surface area contributed by atoms with E-state index in [4.69, 9.17) is 0 Å². The maximum atomic E-state index is 11.3. The van der Waals surface area contributed by atoms with Gasteiger partial charge < -0.3 is 5.11 Å². The van der Waals surface area contributed by atoms with Gasteiger partial charge in [0.05, 0.1) is 0 Å². The molecule has 0 aromatic heterocycles. The van der Waals surface area contributed by atoms with Crippen molar-refractivity contribution in [2.45, 2.75) is 38.7 Å². The number of hydrogen-bond acceptors (Lipinski definition) is 1. The molecule has 2 aromatic rings. The first-order valence-corrected chi connectivity index (χ1v) is 7.02. The summed E-state index contributed by atoms with van der Waals surface area (Å²) in [5, 5.41) is 11.3. The van der Waals surface area contributed by atoms with Gasteiger partial charge in [0, 0.05) is 0 Å². The number of unbranched alkanes of at least 4 members (excludes halogenated alkanes) is 1. The normalized spacial score (nSPS) is 14.1. The highest BCUT2D eigenvalue weighted by Gasteiger charge is 2.31. The molecule has 0 spiro atoms. The van der Waals surface area contributed by atoms with Gasteiger partial charge >= 0.3 is 0 Å². The van der Waals surface area contributed by atoms with Gasteiger partial charge in [-0.05, 0) is 30.0 Å². The lowest BCUT2D eigenvalue weighted by atomic mass is 9.80. The number of rotatable bonds is 5. The molecule has 0 aliphatic rings. The number of hydrogen-bond donors (Lipinski definition) is 1. The smallest absolute Gasteiger partial charge is 0.115 e. The summed E-state index contributed by atoms with van der Waals surface area (Å²) in [7, 11) is 0. The molecule has 2 rings (SSSR count). The van der Waals surface area contributed by atoms with Crippen LogP contribution in [0.1, 0.15) is 42.9 Å². The number of aliphatic hydroxyl groups is 1. The molecule has 1 atom stereocenters. The van der Waals surface area contributed by atoms with Gasteiger partial charge in [0.15, 0.2) is 0 Å². The molecule has 2 aromatic carbocycles. The Bertz CT molecular complexity index is 518. The van der Waals surface area contributed by atoms with E-state index >= 15 is 0 Å². The van der Waals surface area contributed by atoms with Crippen LogP contribution in [0.4, 0.5) is 0 Å². The van der Waals surface area contributed by atoms with Gasteiger partial charge in [-0.3, -0.25) is 0 Å². The number of aryl methyl sites for hydroxylation is 1. The first kappa shape index (κ1) is 13.8. The summed E-state index contributed by atoms with van der Waals surface area (Å²) >= 11 is 0. The van der Waals surface area contributed by atoms with Crippen LogP contribution in [0.5, 0.6) is 0 Å². The minimum atomic E-state index is -0.872. The zero-order valence-corrected chi connectivity index (χ0v) is 11.8. The van der Waals surface area contributed by atoms with E-state index in [1.54, 1.807) is 0 Å². The lowest BCUT2D eigenvalue weighted by molar-refractivity contribution is 0.0678. The van der Waals surface area contributed by atoms with Crippen LogP contribution in [0.15, 0.2) is 54.6 Å². The number of benzene rings is 2. The lowest BCUT2D eigenvalue weighted by Gasteiger charge is -2.31. The van der Waals surface area contributed by atoms with Crippen molar-refractivity contribution in [1.29, 1.82) is 0 Å². The Kier molecular flexibility index (Phi) is 4.39. The summed E-state index contributed by atoms with van der Waals surface area (Å²) in [6.45, 7) is 4.22. The van der Waals surface area contributed by atoms with Crippen LogP contribution >= 0.6 is 0 Å². The zero-order valence-electron chi connectivity index (χ0n) is 11.8. The molecule has 1 nitrogen and oxygen atoms in total. The molecule has 1 heteroatoms. The van der Waals surface area contributed by atoms with Crippen LogP contribution < -0.4 is 0 Å². The summed E-state index contributed by atoms with van der Waals surface area (Å²) in [4.78, 5) is 0. The van der Waals surface area contributed by atoms with E-state index in [0.29, 0.717) is 0 Å². The Morgan fingerprint density at radius 3 is 2.21 bits per heavy atom. The minimum absolute atomic E-state index is 0.762. The van der Waals surface area contributed by atoms with Crippen molar-refractivity contribution in [2.24, 2.45) is 0 Å². The van der Waals surface area contributed by atoms with Gasteiger partial charge in [-0.1, -0.05) is 74.4 Å². The lowest BCUT2D eigenvalue weighted by Crippen LogP contribution is -2.28. The third-order valence-corrected chi connectivity index (χ3v) is 3.73. The second kappa shape index (κ2) is 6.03. The topological polar surface area (TPSA) is 20.2 Å². The average Bonchev–Trinajstić information content (AvgIpc) is 2.46. The third kappa shape index (κ3) is 2.87. The van der Waals surface area contributed by atoms with Crippen molar-refractivity contribution in [3.63, 3.8) is 0 Å². The Balaban J connectivity index is 2.49. The van der Waals surface area contributed by atoms with Gasteiger partial charge in [0.25, 0.3) is 0 Å². The highest BCUT2D eigenvalue weighted by atomic mass is 16.3. The fraction of sp³-hybridized carbons (Fsp3) is 0.333. The van der Waals surface area contributed by atoms with Crippen LogP contribution in [-0.4, -0.2) is 5.11 Å². The van der Waals surface area contributed by atoms with E-state index in [2.05, 4.69) is 19.9 Å². The summed E-state index contributed by atoms with van der Waals surface area (Å²) < 4.78 is 0. The van der Waals surface area contributed by atoms with Crippen molar-refractivity contribution in [1.82, 2.24) is 0 Å². The summed E-state index contributed by atoms with van der Waals surface area (Å²) in [6.07, 6.45) is 2.86. The molecule has 0 aliphatic carbocycles. The van der Waals surface area contributed by atoms with Crippen molar-refractivity contribution >= 4 is 0 Å². The molecule has 1 unspecified atom stereocenters. The average molecular weight is 254 g/mol. The fourth-order valence-corrected chi connectivity index (χ4v) is 2.62. The quantitative estimate of drug-likeness (QED) is 0.837. The molecule has 1 N–H and O–H groups in total. The molecule has 0 aliphatic heterocycles. The Labute approximate surface area is 115 Å². The second-order valence-corrected chi connectivity index (χ2v) is 5.14. The predicted octanol–water partition coefficient (Wildman–Crippen LogP) is 4.42. The third-order valence-electron chi connectivity index (χ3n) is 3.73. The molecule has 0 bridgehead atoms. The van der Waals surface area contributed by atoms with Crippen LogP contribution in [0.25, 0.3) is 0 Å². The molecule has 0 saturated heterocycles. The Hall–Kier alpha value is -1.60. The monoisotopic (exact) mass is 254 g/mol. The molecule has 0 amide bonds. The van der Waals surface area contributed by atoms with Gasteiger partial charge in [-0.25, -0.2) is 0 Å². The van der Waals surface area contributed by atoms with Gasteiger partial charge in [0.1, 0.15) is 5.60 Å². The Morgan fingerprint density at radius 1 is 0.947 bits per heavy atom. The molecular formula is C18H22O. The fourth-order valence-electron chi connectivity index (χ4n) is 2.62. The predicted molar refractivity (Wildman–Crippen MR) is 80.1 cm³/mol. The maximum Gasteiger partial charge on any atom is 0.115 e. The van der Waals surface area contributed by atoms with Crippen LogP contribution in [0, 0.1) is 6.92 Å². The van der Waals surface area contributed by atoms with Gasteiger partial charge in [-0.15, -0.1) is 0 Å². The van der Waals surface area contributed by atoms with Crippen molar-refractivity contribution in [3.8, 4) is 0 Å². The molecule has 0 saturated carbocycles. The second-order valence-electron chi connectivity index (χ2n) is 5.14. The summed E-state index contributed by atoms with van der Waals surface area (Å²) in [5.41, 5.74) is 2.28. The molecule has 100 valence electrons. The SMILES string of the molecule is CCCCC(O)(c1ccccc1)c1ccccc1C. The van der Waals surface area contributed by atoms with E-state index in [9.17, 15) is 5.11 Å². The van der Waals surface area contributed by atoms with E-state index in [-0.39, 0.29) is 0 Å². The van der Waals surface area contributed by atoms with Gasteiger partial charge in [0.2, 0.25) is 0 Å². The van der Waals surface area contributed by atoms with E-state index in [1.807, 2.05) is 48.5 Å². The zero-order chi connectivity index (χ0) is 13.7. The Morgan fingerprint density at radius 2 is 1.58 bits per heavy atom. The van der Waals surface area contributed by atoms with E-state index in [1.165, 1.54) is 0 Å². The van der Waals surface area contributed by atoms with Crippen molar-refractivity contribution in [2.75, 3.05) is 0 Å². The highest BCUT2D eigenvalue weighted by molar-refractivity contribution is 5.40. The maximum absolute atomic E-state index is 11.3. The first-order valence-electron chi connectivity index (χ1n) is 7.02. The molecule has 19 heavy (non-hydrogen) atoms. The van der Waals surface area contributed by atoms with Crippen molar-refractivity contribution < 1.29 is 5.11 Å². The first-order chi connectivity index (χ1) is 9.18. The van der Waals surface area contributed by atoms with Crippen LogP contribution in [0.2, 0.25) is 0 Å². The molecular weight excluding hydrogens is 232 g/mol. The van der Waals surface area contributed by atoms with Crippen molar-refractivity contribution in [3.05, 3.63) is 71.3 Å². The summed E-state index contributed by atoms with van der Waals surface area (Å²) in [6, 6.07) is 18.1. The molecule has 0 fully saturated rings. The molecule has 0 radical (unpaired) electrons. The molecule has 0 heterocycles. The van der Waals surface area contributed by atoms with Crippen LogP contribution in [0.3, 0.4) is 0 Å². The highest BCUT2D eigenvalue weighted by Crippen LogP contribution is 2.36. The standard InChI is InChI=1S/C18H22O/c1-3-4-14-18(19,16-11-6-5-7-12-16)17-13-9-8-10-15(17)2/h5-13,19H,3-4,14H2,1-2H3.